The van der Waals surface area contributed by atoms with E-state index in [4.69, 9.17) is 0 Å². The molecule has 1 aliphatic carbocycles. The Kier molecular flexibility index (Phi) is 4.99. The number of pyridine rings is 1. The maximum atomic E-state index is 4.26. The Balaban J connectivity index is 2.01. The predicted molar refractivity (Wildman–Crippen MR) is 75.0 cm³/mol. The van der Waals surface area contributed by atoms with E-state index in [9.17, 15) is 0 Å². The van der Waals surface area contributed by atoms with Crippen LogP contribution in [0.15, 0.2) is 22.9 Å². The van der Waals surface area contributed by atoms with Crippen LogP contribution in [0.25, 0.3) is 0 Å². The molecule has 3 heteroatoms. The number of nitrogens with one attached hydrogen (secondary N) is 1. The van der Waals surface area contributed by atoms with Gasteiger partial charge in [-0.2, -0.15) is 0 Å². The summed E-state index contributed by atoms with van der Waals surface area (Å²) in [5, 5.41) is 3.35. The van der Waals surface area contributed by atoms with Crippen LogP contribution in [0.3, 0.4) is 0 Å². The smallest absolute Gasteiger partial charge is 0.0410 e. The summed E-state index contributed by atoms with van der Waals surface area (Å²) >= 11 is 3.50. The third-order valence-electron chi connectivity index (χ3n) is 3.79. The molecular formula is C14H21BrN2. The summed E-state index contributed by atoms with van der Waals surface area (Å²) in [6.45, 7) is 1.12. The fourth-order valence-electron chi connectivity index (χ4n) is 2.97. The zero-order valence-corrected chi connectivity index (χ0v) is 12.0. The molecule has 1 saturated carbocycles. The van der Waals surface area contributed by atoms with Crippen LogP contribution in [0.1, 0.15) is 31.2 Å². The summed E-state index contributed by atoms with van der Waals surface area (Å²) in [6.07, 6.45) is 10.7. The Labute approximate surface area is 112 Å². The van der Waals surface area contributed by atoms with Crippen LogP contribution in [-0.2, 0) is 6.42 Å². The number of hydrogen-bond acceptors (Lipinski definition) is 2. The van der Waals surface area contributed by atoms with Gasteiger partial charge >= 0.3 is 0 Å². The quantitative estimate of drug-likeness (QED) is 0.901. The highest BCUT2D eigenvalue weighted by molar-refractivity contribution is 9.10. The van der Waals surface area contributed by atoms with Crippen LogP contribution >= 0.6 is 15.9 Å². The lowest BCUT2D eigenvalue weighted by atomic mass is 9.86. The summed E-state index contributed by atoms with van der Waals surface area (Å²) < 4.78 is 1.09. The van der Waals surface area contributed by atoms with Gasteiger partial charge in [0.05, 0.1) is 0 Å². The third-order valence-corrected chi connectivity index (χ3v) is 4.23. The molecule has 2 nitrogen and oxygen atoms in total. The molecule has 1 unspecified atom stereocenters. The molecule has 0 amide bonds. The minimum absolute atomic E-state index is 0.763. The van der Waals surface area contributed by atoms with Crippen molar-refractivity contribution in [2.75, 3.05) is 13.6 Å². The zero-order chi connectivity index (χ0) is 12.1. The van der Waals surface area contributed by atoms with E-state index in [1.165, 1.54) is 31.2 Å². The maximum Gasteiger partial charge on any atom is 0.0410 e. The monoisotopic (exact) mass is 296 g/mol. The van der Waals surface area contributed by atoms with Crippen LogP contribution in [-0.4, -0.2) is 18.6 Å². The predicted octanol–water partition coefficient (Wildman–Crippen LogP) is 3.41. The van der Waals surface area contributed by atoms with Crippen LogP contribution in [0.4, 0.5) is 0 Å². The van der Waals surface area contributed by atoms with Gasteiger partial charge in [-0.1, -0.05) is 25.7 Å². The fourth-order valence-corrected chi connectivity index (χ4v) is 3.38. The molecule has 1 fully saturated rings. The Hall–Kier alpha value is -0.410. The largest absolute Gasteiger partial charge is 0.319 e. The normalized spacial score (nSPS) is 18.5. The van der Waals surface area contributed by atoms with Crippen LogP contribution in [0.2, 0.25) is 0 Å². The highest BCUT2D eigenvalue weighted by Gasteiger charge is 2.24. The Morgan fingerprint density at radius 2 is 2.18 bits per heavy atom. The zero-order valence-electron chi connectivity index (χ0n) is 10.5. The van der Waals surface area contributed by atoms with Crippen molar-refractivity contribution in [1.29, 1.82) is 0 Å². The standard InChI is InChI=1S/C14H21BrN2/c1-16-9-13(12-4-2-3-5-12)6-11-7-14(15)10-17-8-11/h7-8,10,12-13,16H,2-6,9H2,1H3. The SMILES string of the molecule is CNCC(Cc1cncc(Br)c1)C1CCCC1. The molecule has 0 bridgehead atoms. The van der Waals surface area contributed by atoms with Crippen LogP contribution in [0, 0.1) is 11.8 Å². The molecule has 17 heavy (non-hydrogen) atoms. The van der Waals surface area contributed by atoms with Crippen molar-refractivity contribution in [3.8, 4) is 0 Å². The third kappa shape index (κ3) is 3.78. The molecule has 0 aromatic carbocycles. The van der Waals surface area contributed by atoms with Gasteiger partial charge in [-0.25, -0.2) is 0 Å². The summed E-state index contributed by atoms with van der Waals surface area (Å²) in [5.41, 5.74) is 1.35. The molecule has 0 radical (unpaired) electrons. The first kappa shape index (κ1) is 13.0. The lowest BCUT2D eigenvalue weighted by Gasteiger charge is -2.23. The molecule has 2 rings (SSSR count). The molecule has 0 aliphatic heterocycles. The van der Waals surface area contributed by atoms with Crippen molar-refractivity contribution >= 4 is 15.9 Å². The minimum Gasteiger partial charge on any atom is -0.319 e. The molecule has 1 aromatic rings. The van der Waals surface area contributed by atoms with Gasteiger partial charge in [-0.05, 0) is 59.4 Å². The van der Waals surface area contributed by atoms with Crippen LogP contribution < -0.4 is 5.32 Å². The molecular weight excluding hydrogens is 276 g/mol. The highest BCUT2D eigenvalue weighted by atomic mass is 79.9. The fraction of sp³-hybridized carbons (Fsp3) is 0.643. The van der Waals surface area contributed by atoms with Crippen molar-refractivity contribution in [1.82, 2.24) is 10.3 Å². The van der Waals surface area contributed by atoms with Gasteiger partial charge < -0.3 is 5.32 Å². The topological polar surface area (TPSA) is 24.9 Å². The molecule has 0 saturated heterocycles. The molecule has 1 aromatic heterocycles. The first-order valence-corrected chi connectivity index (χ1v) is 7.33. The van der Waals surface area contributed by atoms with Gasteiger partial charge in [0, 0.05) is 16.9 Å². The van der Waals surface area contributed by atoms with Gasteiger partial charge in [-0.15, -0.1) is 0 Å². The van der Waals surface area contributed by atoms with E-state index in [0.29, 0.717) is 0 Å². The lowest BCUT2D eigenvalue weighted by Crippen LogP contribution is -2.26. The second-order valence-corrected chi connectivity index (χ2v) is 5.99. The number of rotatable bonds is 5. The van der Waals surface area contributed by atoms with Gasteiger partial charge in [0.25, 0.3) is 0 Å². The second kappa shape index (κ2) is 6.50. The first-order chi connectivity index (χ1) is 8.29. The van der Waals surface area contributed by atoms with Gasteiger partial charge in [0.15, 0.2) is 0 Å². The number of hydrogen-bond donors (Lipinski definition) is 1. The minimum atomic E-state index is 0.763. The Morgan fingerprint density at radius 1 is 1.41 bits per heavy atom. The summed E-state index contributed by atoms with van der Waals surface area (Å²) in [5.74, 6) is 1.67. The number of nitrogens with zero attached hydrogens (tertiary/aromatic N) is 1. The summed E-state index contributed by atoms with van der Waals surface area (Å²) in [4.78, 5) is 4.26. The Bertz CT molecular complexity index is 348. The summed E-state index contributed by atoms with van der Waals surface area (Å²) in [7, 11) is 2.06. The molecule has 1 aliphatic rings. The van der Waals surface area contributed by atoms with Crippen molar-refractivity contribution in [2.45, 2.75) is 32.1 Å². The van der Waals surface area contributed by atoms with E-state index in [2.05, 4.69) is 39.3 Å². The molecule has 1 N–H and O–H groups in total. The molecule has 1 atom stereocenters. The van der Waals surface area contributed by atoms with Crippen molar-refractivity contribution in [2.24, 2.45) is 11.8 Å². The second-order valence-electron chi connectivity index (χ2n) is 5.08. The average Bonchev–Trinajstić information content (AvgIpc) is 2.82. The van der Waals surface area contributed by atoms with Crippen molar-refractivity contribution < 1.29 is 0 Å². The molecule has 1 heterocycles. The van der Waals surface area contributed by atoms with Crippen molar-refractivity contribution in [3.63, 3.8) is 0 Å². The van der Waals surface area contributed by atoms with E-state index in [0.717, 1.165) is 29.3 Å². The van der Waals surface area contributed by atoms with E-state index in [-0.39, 0.29) is 0 Å². The van der Waals surface area contributed by atoms with E-state index < -0.39 is 0 Å². The average molecular weight is 297 g/mol. The van der Waals surface area contributed by atoms with E-state index in [1.54, 1.807) is 0 Å². The van der Waals surface area contributed by atoms with E-state index in [1.807, 2.05) is 12.4 Å². The Morgan fingerprint density at radius 3 is 2.82 bits per heavy atom. The number of aromatic nitrogens is 1. The lowest BCUT2D eigenvalue weighted by molar-refractivity contribution is 0.328. The van der Waals surface area contributed by atoms with Crippen LogP contribution in [0.5, 0.6) is 0 Å². The van der Waals surface area contributed by atoms with E-state index >= 15 is 0 Å². The maximum absolute atomic E-state index is 4.26. The van der Waals surface area contributed by atoms with Gasteiger partial charge in [-0.3, -0.25) is 4.98 Å². The molecule has 94 valence electrons. The molecule has 0 spiro atoms. The highest BCUT2D eigenvalue weighted by Crippen LogP contribution is 2.33. The van der Waals surface area contributed by atoms with Crippen molar-refractivity contribution in [3.05, 3.63) is 28.5 Å². The first-order valence-electron chi connectivity index (χ1n) is 6.53. The number of halogens is 1. The van der Waals surface area contributed by atoms with Gasteiger partial charge in [0.1, 0.15) is 0 Å². The van der Waals surface area contributed by atoms with Gasteiger partial charge in [0.2, 0.25) is 0 Å². The summed E-state index contributed by atoms with van der Waals surface area (Å²) in [6, 6.07) is 2.20.